The van der Waals surface area contributed by atoms with Crippen LogP contribution in [0.25, 0.3) is 32.9 Å². The average Bonchev–Trinajstić information content (AvgIpc) is 3.01. The molecule has 0 atom stereocenters. The van der Waals surface area contributed by atoms with E-state index in [1.165, 1.54) is 24.3 Å². The molecule has 7 heteroatoms. The van der Waals surface area contributed by atoms with Crippen LogP contribution in [0.2, 0.25) is 0 Å². The molecule has 0 amide bonds. The average molecular weight is 416 g/mol. The summed E-state index contributed by atoms with van der Waals surface area (Å²) in [5.41, 5.74) is 0.378. The highest BCUT2D eigenvalue weighted by Gasteiger charge is 2.22. The highest BCUT2D eigenvalue weighted by atomic mass is 19.1. The molecule has 2 N–H and O–H groups in total. The number of phenolic OH excluding ortho intramolecular Hbond substituents is 1. The van der Waals surface area contributed by atoms with E-state index in [-0.39, 0.29) is 28.1 Å². The third-order valence-corrected chi connectivity index (χ3v) is 5.58. The zero-order valence-electron chi connectivity index (χ0n) is 16.5. The minimum atomic E-state index is -0.636. The van der Waals surface area contributed by atoms with Crippen LogP contribution in [0.4, 0.5) is 14.6 Å². The summed E-state index contributed by atoms with van der Waals surface area (Å²) in [6, 6.07) is 5.52. The van der Waals surface area contributed by atoms with Crippen LogP contribution in [0.3, 0.4) is 0 Å². The number of aromatic nitrogens is 3. The lowest BCUT2D eigenvalue weighted by molar-refractivity contribution is 0.476. The zero-order valence-corrected chi connectivity index (χ0v) is 16.5. The first-order valence-electron chi connectivity index (χ1n) is 9.93. The van der Waals surface area contributed by atoms with Crippen LogP contribution in [0.5, 0.6) is 5.75 Å². The molecule has 4 aromatic rings. The molecule has 2 aromatic carbocycles. The molecule has 1 aliphatic rings. The number of terminal acetylenes is 1. The SMILES string of the molecule is C#Cc1c(F)ccc2cc(O)cc(-c3ncc4c(N5CCC=CCC5)n[nH]c4c3F)c12. The number of fused-ring (bicyclic) bond motifs is 2. The normalized spacial score (nSPS) is 14.2. The Morgan fingerprint density at radius 3 is 2.65 bits per heavy atom. The second-order valence-electron chi connectivity index (χ2n) is 7.45. The lowest BCUT2D eigenvalue weighted by Crippen LogP contribution is -2.24. The first kappa shape index (κ1) is 19.1. The molecule has 0 radical (unpaired) electrons. The van der Waals surface area contributed by atoms with Crippen molar-refractivity contribution in [2.45, 2.75) is 12.8 Å². The van der Waals surface area contributed by atoms with Crippen molar-refractivity contribution in [3.8, 4) is 29.4 Å². The number of hydrogen-bond donors (Lipinski definition) is 2. The molecule has 0 unspecified atom stereocenters. The number of anilines is 1. The van der Waals surface area contributed by atoms with Gasteiger partial charge < -0.3 is 10.0 Å². The molecular formula is C24H18F2N4O. The van der Waals surface area contributed by atoms with Crippen molar-refractivity contribution in [3.63, 3.8) is 0 Å². The predicted octanol–water partition coefficient (Wildman–Crippen LogP) is 4.90. The molecule has 1 aliphatic heterocycles. The second-order valence-corrected chi connectivity index (χ2v) is 7.45. The summed E-state index contributed by atoms with van der Waals surface area (Å²) in [7, 11) is 0. The van der Waals surface area contributed by atoms with Crippen LogP contribution in [0.1, 0.15) is 18.4 Å². The quantitative estimate of drug-likeness (QED) is 0.360. The van der Waals surface area contributed by atoms with Gasteiger partial charge in [0.25, 0.3) is 0 Å². The first-order chi connectivity index (χ1) is 15.1. The Morgan fingerprint density at radius 2 is 1.90 bits per heavy atom. The number of nitrogens with one attached hydrogen (secondary N) is 1. The maximum absolute atomic E-state index is 15.6. The molecular weight excluding hydrogens is 398 g/mol. The molecule has 5 nitrogen and oxygen atoms in total. The maximum Gasteiger partial charge on any atom is 0.175 e. The largest absolute Gasteiger partial charge is 0.508 e. The minimum absolute atomic E-state index is 0.00355. The van der Waals surface area contributed by atoms with Crippen molar-refractivity contribution in [3.05, 3.63) is 59.8 Å². The van der Waals surface area contributed by atoms with Crippen LogP contribution in [0, 0.1) is 24.0 Å². The fraction of sp³-hybridized carbons (Fsp3) is 0.167. The van der Waals surface area contributed by atoms with Gasteiger partial charge in [0.05, 0.1) is 10.9 Å². The van der Waals surface area contributed by atoms with E-state index in [2.05, 4.69) is 38.2 Å². The molecule has 0 saturated heterocycles. The number of aromatic hydroxyl groups is 1. The van der Waals surface area contributed by atoms with Gasteiger partial charge in [0, 0.05) is 30.2 Å². The number of aromatic amines is 1. The molecule has 2 aromatic heterocycles. The van der Waals surface area contributed by atoms with Crippen LogP contribution in [-0.4, -0.2) is 33.4 Å². The Bertz CT molecular complexity index is 1390. The number of rotatable bonds is 2. The van der Waals surface area contributed by atoms with Gasteiger partial charge in [-0.2, -0.15) is 5.10 Å². The minimum Gasteiger partial charge on any atom is -0.508 e. The van der Waals surface area contributed by atoms with Crippen molar-refractivity contribution in [2.24, 2.45) is 0 Å². The molecule has 0 bridgehead atoms. The smallest absolute Gasteiger partial charge is 0.175 e. The van der Waals surface area contributed by atoms with Gasteiger partial charge in [-0.15, -0.1) is 6.42 Å². The van der Waals surface area contributed by atoms with Crippen LogP contribution in [-0.2, 0) is 0 Å². The van der Waals surface area contributed by atoms with Gasteiger partial charge in [0.2, 0.25) is 0 Å². The van der Waals surface area contributed by atoms with E-state index in [1.807, 2.05) is 0 Å². The zero-order chi connectivity index (χ0) is 21.5. The van der Waals surface area contributed by atoms with E-state index < -0.39 is 11.6 Å². The summed E-state index contributed by atoms with van der Waals surface area (Å²) in [5, 5.41) is 18.7. The van der Waals surface area contributed by atoms with Crippen LogP contribution in [0.15, 0.2) is 42.6 Å². The van der Waals surface area contributed by atoms with Crippen molar-refractivity contribution < 1.29 is 13.9 Å². The summed E-state index contributed by atoms with van der Waals surface area (Å²) < 4.78 is 30.0. The van der Waals surface area contributed by atoms with Gasteiger partial charge in [-0.3, -0.25) is 10.1 Å². The number of hydrogen-bond acceptors (Lipinski definition) is 4. The van der Waals surface area contributed by atoms with Crippen molar-refractivity contribution in [2.75, 3.05) is 18.0 Å². The molecule has 0 aliphatic carbocycles. The Labute approximate surface area is 177 Å². The van der Waals surface area contributed by atoms with E-state index in [4.69, 9.17) is 6.42 Å². The summed E-state index contributed by atoms with van der Waals surface area (Å²) in [5.74, 6) is 1.66. The maximum atomic E-state index is 15.6. The first-order valence-corrected chi connectivity index (χ1v) is 9.93. The summed E-state index contributed by atoms with van der Waals surface area (Å²) in [4.78, 5) is 6.44. The Balaban J connectivity index is 1.72. The number of H-pyrrole nitrogens is 1. The molecule has 5 rings (SSSR count). The van der Waals surface area contributed by atoms with Gasteiger partial charge >= 0.3 is 0 Å². The Morgan fingerprint density at radius 1 is 1.13 bits per heavy atom. The topological polar surface area (TPSA) is 65.0 Å². The molecule has 0 spiro atoms. The Kier molecular flexibility index (Phi) is 4.55. The highest BCUT2D eigenvalue weighted by Crippen LogP contribution is 2.38. The Hall–Kier alpha value is -3.92. The van der Waals surface area contributed by atoms with E-state index in [0.717, 1.165) is 25.9 Å². The number of nitrogens with zero attached hydrogens (tertiary/aromatic N) is 3. The van der Waals surface area contributed by atoms with Gasteiger partial charge in [0.15, 0.2) is 11.6 Å². The lowest BCUT2D eigenvalue weighted by Gasteiger charge is -2.19. The van der Waals surface area contributed by atoms with Crippen LogP contribution >= 0.6 is 0 Å². The number of benzene rings is 2. The standard InChI is InChI=1S/C24H18F2N4O/c1-2-16-19(25)8-7-14-11-15(31)12-17(20(14)16)22-21(26)23-18(13-27-22)24(29-28-23)30-9-5-3-4-6-10-30/h1,3-4,7-8,11-13,31H,5-6,9-10H2,(H,28,29). The third-order valence-electron chi connectivity index (χ3n) is 5.58. The molecule has 154 valence electrons. The summed E-state index contributed by atoms with van der Waals surface area (Å²) in [6.45, 7) is 1.56. The van der Waals surface area contributed by atoms with Gasteiger partial charge in [0.1, 0.15) is 22.8 Å². The lowest BCUT2D eigenvalue weighted by atomic mass is 9.96. The van der Waals surface area contributed by atoms with Crippen molar-refractivity contribution in [1.82, 2.24) is 15.2 Å². The molecule has 3 heterocycles. The van der Waals surface area contributed by atoms with Gasteiger partial charge in [-0.1, -0.05) is 24.1 Å². The van der Waals surface area contributed by atoms with E-state index in [1.54, 1.807) is 6.20 Å². The van der Waals surface area contributed by atoms with E-state index in [9.17, 15) is 9.50 Å². The fourth-order valence-corrected chi connectivity index (χ4v) is 4.14. The number of pyridine rings is 1. The van der Waals surface area contributed by atoms with E-state index >= 15 is 4.39 Å². The molecule has 0 fully saturated rings. The third kappa shape index (κ3) is 3.08. The fourth-order valence-electron chi connectivity index (χ4n) is 4.14. The molecule has 0 saturated carbocycles. The molecule has 31 heavy (non-hydrogen) atoms. The predicted molar refractivity (Wildman–Crippen MR) is 117 cm³/mol. The van der Waals surface area contributed by atoms with Crippen molar-refractivity contribution >= 4 is 27.5 Å². The monoisotopic (exact) mass is 416 g/mol. The number of phenols is 1. The second kappa shape index (κ2) is 7.40. The van der Waals surface area contributed by atoms with Crippen LogP contribution < -0.4 is 4.90 Å². The summed E-state index contributed by atoms with van der Waals surface area (Å²) >= 11 is 0. The van der Waals surface area contributed by atoms with Gasteiger partial charge in [-0.25, -0.2) is 8.78 Å². The number of halogens is 2. The van der Waals surface area contributed by atoms with Gasteiger partial charge in [-0.05, 0) is 36.4 Å². The van der Waals surface area contributed by atoms with Crippen molar-refractivity contribution in [1.29, 1.82) is 0 Å². The highest BCUT2D eigenvalue weighted by molar-refractivity contribution is 6.03. The summed E-state index contributed by atoms with van der Waals surface area (Å²) in [6.07, 6.45) is 13.1. The van der Waals surface area contributed by atoms with E-state index in [0.29, 0.717) is 22.0 Å².